The molecule has 1 aromatic heterocycles. The van der Waals surface area contributed by atoms with Crippen molar-refractivity contribution in [2.45, 2.75) is 45.8 Å². The third-order valence-corrected chi connectivity index (χ3v) is 4.31. The molecule has 9 nitrogen and oxygen atoms in total. The molecule has 1 saturated heterocycles. The van der Waals surface area contributed by atoms with E-state index >= 15 is 0 Å². The highest BCUT2D eigenvalue weighted by Crippen LogP contribution is 2.19. The van der Waals surface area contributed by atoms with E-state index in [-0.39, 0.29) is 24.5 Å². The van der Waals surface area contributed by atoms with Gasteiger partial charge in [-0.25, -0.2) is 9.59 Å². The van der Waals surface area contributed by atoms with Crippen LogP contribution in [0.5, 0.6) is 0 Å². The summed E-state index contributed by atoms with van der Waals surface area (Å²) in [6.07, 6.45) is 2.68. The van der Waals surface area contributed by atoms with Crippen LogP contribution in [0.2, 0.25) is 0 Å². The molecule has 0 aromatic carbocycles. The lowest BCUT2D eigenvalue weighted by Crippen LogP contribution is -2.46. The van der Waals surface area contributed by atoms with Crippen molar-refractivity contribution in [1.82, 2.24) is 19.4 Å². The van der Waals surface area contributed by atoms with Crippen LogP contribution in [0.1, 0.15) is 33.6 Å². The number of nitrogens with zero attached hydrogens (tertiary/aromatic N) is 3. The van der Waals surface area contributed by atoms with Crippen molar-refractivity contribution in [1.29, 1.82) is 0 Å². The molecular weight excluding hydrogens is 352 g/mol. The van der Waals surface area contributed by atoms with Crippen LogP contribution < -0.4 is 11.2 Å². The molecule has 2 heterocycles. The van der Waals surface area contributed by atoms with Gasteiger partial charge in [-0.2, -0.15) is 0 Å². The zero-order chi connectivity index (χ0) is 20.2. The standard InChI is InChI=1S/C18H28N4O5/c1-18(2,3)27-17(26)20(4)10-13-6-5-8-21(11-13)15(24)12-22-9-7-14(23)19-16(22)25/h7,9,13H,5-6,8,10-12H2,1-4H3,(H,19,23,25). The van der Waals surface area contributed by atoms with E-state index in [2.05, 4.69) is 4.98 Å². The number of nitrogens with one attached hydrogen (secondary N) is 1. The lowest BCUT2D eigenvalue weighted by atomic mass is 9.97. The minimum absolute atomic E-state index is 0.121. The van der Waals surface area contributed by atoms with Crippen molar-refractivity contribution in [3.8, 4) is 0 Å². The first-order valence-electron chi connectivity index (χ1n) is 9.07. The number of hydrogen-bond donors (Lipinski definition) is 1. The second-order valence-corrected chi connectivity index (χ2v) is 7.95. The van der Waals surface area contributed by atoms with Crippen molar-refractivity contribution in [2.24, 2.45) is 5.92 Å². The van der Waals surface area contributed by atoms with Crippen molar-refractivity contribution in [3.63, 3.8) is 0 Å². The third kappa shape index (κ3) is 6.26. The number of hydrogen-bond acceptors (Lipinski definition) is 5. The average molecular weight is 380 g/mol. The van der Waals surface area contributed by atoms with Gasteiger partial charge in [-0.3, -0.25) is 19.1 Å². The van der Waals surface area contributed by atoms with Gasteiger partial charge in [0.05, 0.1) is 0 Å². The molecular formula is C18H28N4O5. The third-order valence-electron chi connectivity index (χ3n) is 4.31. The number of aromatic amines is 1. The molecule has 2 rings (SSSR count). The molecule has 1 aliphatic heterocycles. The van der Waals surface area contributed by atoms with E-state index in [0.29, 0.717) is 19.6 Å². The van der Waals surface area contributed by atoms with Gasteiger partial charge in [-0.05, 0) is 39.5 Å². The largest absolute Gasteiger partial charge is 0.444 e. The van der Waals surface area contributed by atoms with E-state index in [4.69, 9.17) is 4.74 Å². The van der Waals surface area contributed by atoms with E-state index in [1.807, 2.05) is 20.8 Å². The molecule has 2 amide bonds. The Hall–Kier alpha value is -2.58. The second-order valence-electron chi connectivity index (χ2n) is 7.95. The van der Waals surface area contributed by atoms with E-state index in [1.54, 1.807) is 11.9 Å². The van der Waals surface area contributed by atoms with Crippen LogP contribution in [-0.2, 0) is 16.1 Å². The number of piperidine rings is 1. The number of carbonyl (C=O) groups is 2. The highest BCUT2D eigenvalue weighted by atomic mass is 16.6. The first-order valence-corrected chi connectivity index (χ1v) is 9.07. The Bertz CT molecular complexity index is 792. The minimum Gasteiger partial charge on any atom is -0.444 e. The van der Waals surface area contributed by atoms with Crippen LogP contribution in [0.15, 0.2) is 21.9 Å². The molecule has 1 N–H and O–H groups in total. The van der Waals surface area contributed by atoms with Crippen molar-refractivity contribution >= 4 is 12.0 Å². The van der Waals surface area contributed by atoms with E-state index < -0.39 is 16.9 Å². The van der Waals surface area contributed by atoms with Gasteiger partial charge in [-0.1, -0.05) is 0 Å². The lowest BCUT2D eigenvalue weighted by molar-refractivity contribution is -0.133. The number of rotatable bonds is 4. The number of likely N-dealkylation sites (tertiary alicyclic amines) is 1. The fraction of sp³-hybridized carbons (Fsp3) is 0.667. The van der Waals surface area contributed by atoms with Gasteiger partial charge in [0.2, 0.25) is 5.91 Å². The molecule has 0 radical (unpaired) electrons. The van der Waals surface area contributed by atoms with Gasteiger partial charge in [0.1, 0.15) is 12.1 Å². The second kappa shape index (κ2) is 8.41. The number of aromatic nitrogens is 2. The van der Waals surface area contributed by atoms with E-state index in [0.717, 1.165) is 12.8 Å². The summed E-state index contributed by atoms with van der Waals surface area (Å²) in [6, 6.07) is 1.21. The molecule has 9 heteroatoms. The molecule has 1 aliphatic rings. The van der Waals surface area contributed by atoms with Crippen LogP contribution in [0.4, 0.5) is 4.79 Å². The minimum atomic E-state index is -0.603. The van der Waals surface area contributed by atoms with Gasteiger partial charge < -0.3 is 14.5 Å². The Labute approximate surface area is 157 Å². The Balaban J connectivity index is 1.92. The Kier molecular flexibility index (Phi) is 6.45. The fourth-order valence-corrected chi connectivity index (χ4v) is 3.06. The molecule has 1 unspecified atom stereocenters. The molecule has 0 saturated carbocycles. The van der Waals surface area contributed by atoms with Crippen LogP contribution in [0.3, 0.4) is 0 Å². The molecule has 0 bridgehead atoms. The van der Waals surface area contributed by atoms with Crippen molar-refractivity contribution < 1.29 is 14.3 Å². The summed E-state index contributed by atoms with van der Waals surface area (Å²) in [5.41, 5.74) is -1.65. The van der Waals surface area contributed by atoms with E-state index in [9.17, 15) is 19.2 Å². The Morgan fingerprint density at radius 2 is 2.04 bits per heavy atom. The Morgan fingerprint density at radius 3 is 2.67 bits per heavy atom. The topological polar surface area (TPSA) is 105 Å². The maximum Gasteiger partial charge on any atom is 0.410 e. The van der Waals surface area contributed by atoms with Crippen LogP contribution >= 0.6 is 0 Å². The highest BCUT2D eigenvalue weighted by Gasteiger charge is 2.27. The monoisotopic (exact) mass is 380 g/mol. The lowest BCUT2D eigenvalue weighted by Gasteiger charge is -2.35. The van der Waals surface area contributed by atoms with Gasteiger partial charge in [0.15, 0.2) is 0 Å². The predicted molar refractivity (Wildman–Crippen MR) is 99.5 cm³/mol. The van der Waals surface area contributed by atoms with Gasteiger partial charge in [0, 0.05) is 38.9 Å². The van der Waals surface area contributed by atoms with Gasteiger partial charge in [-0.15, -0.1) is 0 Å². The summed E-state index contributed by atoms with van der Waals surface area (Å²) >= 11 is 0. The first kappa shape index (κ1) is 20.7. The van der Waals surface area contributed by atoms with Crippen LogP contribution in [0.25, 0.3) is 0 Å². The molecule has 1 fully saturated rings. The maximum absolute atomic E-state index is 12.5. The maximum atomic E-state index is 12.5. The summed E-state index contributed by atoms with van der Waals surface area (Å²) in [6.45, 7) is 6.96. The molecule has 1 atom stereocenters. The highest BCUT2D eigenvalue weighted by molar-refractivity contribution is 5.76. The Morgan fingerprint density at radius 1 is 1.33 bits per heavy atom. The first-order chi connectivity index (χ1) is 12.5. The zero-order valence-electron chi connectivity index (χ0n) is 16.4. The zero-order valence-corrected chi connectivity index (χ0v) is 16.4. The molecule has 27 heavy (non-hydrogen) atoms. The molecule has 0 aliphatic carbocycles. The number of H-pyrrole nitrogens is 1. The summed E-state index contributed by atoms with van der Waals surface area (Å²) in [4.78, 5) is 52.9. The van der Waals surface area contributed by atoms with Crippen LogP contribution in [0, 0.1) is 5.92 Å². The number of amides is 2. The smallest absolute Gasteiger partial charge is 0.410 e. The fourth-order valence-electron chi connectivity index (χ4n) is 3.06. The summed E-state index contributed by atoms with van der Waals surface area (Å²) in [7, 11) is 1.69. The number of ether oxygens (including phenoxy) is 1. The normalized spacial score (nSPS) is 17.5. The van der Waals surface area contributed by atoms with Gasteiger partial charge >= 0.3 is 11.8 Å². The molecule has 1 aromatic rings. The van der Waals surface area contributed by atoms with Crippen molar-refractivity contribution in [2.75, 3.05) is 26.7 Å². The summed E-state index contributed by atoms with van der Waals surface area (Å²) in [5.74, 6) is -0.0405. The van der Waals surface area contributed by atoms with Gasteiger partial charge in [0.25, 0.3) is 5.56 Å². The quantitative estimate of drug-likeness (QED) is 0.825. The predicted octanol–water partition coefficient (Wildman–Crippen LogP) is 0.642. The van der Waals surface area contributed by atoms with Crippen LogP contribution in [-0.4, -0.2) is 63.6 Å². The molecule has 0 spiro atoms. The van der Waals surface area contributed by atoms with E-state index in [1.165, 1.54) is 21.7 Å². The number of carbonyl (C=O) groups excluding carboxylic acids is 2. The average Bonchev–Trinajstić information content (AvgIpc) is 2.56. The summed E-state index contributed by atoms with van der Waals surface area (Å²) < 4.78 is 6.54. The molecule has 150 valence electrons. The summed E-state index contributed by atoms with van der Waals surface area (Å²) in [5, 5.41) is 0. The van der Waals surface area contributed by atoms with Crippen molar-refractivity contribution in [3.05, 3.63) is 33.1 Å². The SMILES string of the molecule is CN(CC1CCCN(C(=O)Cn2ccc(=O)[nH]c2=O)C1)C(=O)OC(C)(C)C.